The fraction of sp³-hybridized carbons (Fsp3) is 0.259. The number of hydrogen-bond donors (Lipinski definition) is 2. The molecule has 0 bridgehead atoms. The van der Waals surface area contributed by atoms with Crippen molar-refractivity contribution >= 4 is 17.6 Å². The highest BCUT2D eigenvalue weighted by molar-refractivity contribution is 6.04. The first-order chi connectivity index (χ1) is 15.5. The summed E-state index contributed by atoms with van der Waals surface area (Å²) in [4.78, 5) is 25.0. The van der Waals surface area contributed by atoms with Crippen LogP contribution < -0.4 is 11.1 Å². The molecule has 3 N–H and O–H groups in total. The van der Waals surface area contributed by atoms with Crippen molar-refractivity contribution in [3.8, 4) is 0 Å². The molecule has 32 heavy (non-hydrogen) atoms. The summed E-state index contributed by atoms with van der Waals surface area (Å²) in [7, 11) is 0. The van der Waals surface area contributed by atoms with Gasteiger partial charge in [0.25, 0.3) is 5.91 Å². The van der Waals surface area contributed by atoms with Crippen molar-refractivity contribution in [2.24, 2.45) is 5.73 Å². The molecule has 5 heteroatoms. The van der Waals surface area contributed by atoms with Crippen molar-refractivity contribution in [3.63, 3.8) is 0 Å². The van der Waals surface area contributed by atoms with Gasteiger partial charge in [0.1, 0.15) is 6.61 Å². The summed E-state index contributed by atoms with van der Waals surface area (Å²) < 4.78 is 5.35. The molecule has 0 spiro atoms. The standard InChI is InChI=1S/C27H28N2O3/c1-2-27(28)17-24(27)21-11-7-13-23(16-21)29-26(31)22-12-6-10-20(14-22)15-25(30)32-18-19-8-4-3-5-9-19/h3-14,16,24H,2,15,17-18,28H2,1H3,(H,29,31)/t24-,27+/m0/s1. The van der Waals surface area contributed by atoms with E-state index in [4.69, 9.17) is 10.5 Å². The number of amides is 1. The molecule has 4 rings (SSSR count). The van der Waals surface area contributed by atoms with Crippen LogP contribution in [0.25, 0.3) is 0 Å². The Balaban J connectivity index is 1.36. The summed E-state index contributed by atoms with van der Waals surface area (Å²) in [6, 6.07) is 24.5. The van der Waals surface area contributed by atoms with Crippen molar-refractivity contribution in [1.29, 1.82) is 0 Å². The number of nitrogens with one attached hydrogen (secondary N) is 1. The van der Waals surface area contributed by atoms with Gasteiger partial charge in [0.05, 0.1) is 6.42 Å². The number of rotatable bonds is 8. The number of anilines is 1. The number of ether oxygens (including phenoxy) is 1. The molecule has 1 fully saturated rings. The van der Waals surface area contributed by atoms with Gasteiger partial charge in [-0.05, 0) is 53.8 Å². The summed E-state index contributed by atoms with van der Waals surface area (Å²) in [6.07, 6.45) is 2.03. The van der Waals surface area contributed by atoms with Crippen molar-refractivity contribution in [1.82, 2.24) is 0 Å². The normalized spacial score (nSPS) is 19.2. The number of benzene rings is 3. The Hall–Kier alpha value is -3.44. The molecule has 1 amide bonds. The van der Waals surface area contributed by atoms with Gasteiger partial charge in [-0.2, -0.15) is 0 Å². The zero-order valence-corrected chi connectivity index (χ0v) is 18.2. The van der Waals surface area contributed by atoms with E-state index < -0.39 is 0 Å². The molecular formula is C27H28N2O3. The SMILES string of the molecule is CC[C@@]1(N)C[C@H]1c1cccc(NC(=O)c2cccc(CC(=O)OCc3ccccc3)c2)c1. The minimum atomic E-state index is -0.329. The molecule has 0 radical (unpaired) electrons. The fourth-order valence-corrected chi connectivity index (χ4v) is 3.98. The minimum absolute atomic E-state index is 0.112. The van der Waals surface area contributed by atoms with E-state index in [9.17, 15) is 9.59 Å². The van der Waals surface area contributed by atoms with Crippen LogP contribution in [0.4, 0.5) is 5.69 Å². The summed E-state index contributed by atoms with van der Waals surface area (Å²) in [5.41, 5.74) is 10.3. The highest BCUT2D eigenvalue weighted by Crippen LogP contribution is 2.51. The van der Waals surface area contributed by atoms with E-state index in [1.807, 2.05) is 54.6 Å². The quantitative estimate of drug-likeness (QED) is 0.504. The number of carbonyl (C=O) groups excluding carboxylic acids is 2. The molecule has 0 unspecified atom stereocenters. The third kappa shape index (κ3) is 5.24. The van der Waals surface area contributed by atoms with Crippen LogP contribution in [0, 0.1) is 0 Å². The average molecular weight is 429 g/mol. The molecule has 3 aromatic carbocycles. The Morgan fingerprint density at radius 3 is 2.50 bits per heavy atom. The van der Waals surface area contributed by atoms with Crippen molar-refractivity contribution < 1.29 is 14.3 Å². The molecule has 5 nitrogen and oxygen atoms in total. The summed E-state index contributed by atoms with van der Waals surface area (Å²) in [5.74, 6) is -0.203. The molecule has 1 aliphatic carbocycles. The van der Waals surface area contributed by atoms with Crippen molar-refractivity contribution in [2.75, 3.05) is 5.32 Å². The van der Waals surface area contributed by atoms with Gasteiger partial charge in [0.15, 0.2) is 0 Å². The maximum atomic E-state index is 12.8. The highest BCUT2D eigenvalue weighted by Gasteiger charge is 2.50. The van der Waals surface area contributed by atoms with Crippen LogP contribution in [-0.4, -0.2) is 17.4 Å². The van der Waals surface area contributed by atoms with Crippen LogP contribution in [0.3, 0.4) is 0 Å². The Morgan fingerprint density at radius 1 is 1.00 bits per heavy atom. The number of carbonyl (C=O) groups is 2. The second kappa shape index (κ2) is 9.37. The lowest BCUT2D eigenvalue weighted by atomic mass is 10.0. The van der Waals surface area contributed by atoms with Crippen LogP contribution in [0.2, 0.25) is 0 Å². The van der Waals surface area contributed by atoms with Gasteiger partial charge in [-0.15, -0.1) is 0 Å². The molecule has 0 aliphatic heterocycles. The highest BCUT2D eigenvalue weighted by atomic mass is 16.5. The van der Waals surface area contributed by atoms with E-state index in [1.54, 1.807) is 18.2 Å². The lowest BCUT2D eigenvalue weighted by molar-refractivity contribution is -0.144. The minimum Gasteiger partial charge on any atom is -0.461 e. The van der Waals surface area contributed by atoms with Gasteiger partial charge < -0.3 is 15.8 Å². The average Bonchev–Trinajstić information content (AvgIpc) is 3.51. The van der Waals surface area contributed by atoms with Crippen LogP contribution in [0.15, 0.2) is 78.9 Å². The summed E-state index contributed by atoms with van der Waals surface area (Å²) >= 11 is 0. The molecule has 0 aromatic heterocycles. The van der Waals surface area contributed by atoms with Crippen LogP contribution >= 0.6 is 0 Å². The molecule has 0 saturated heterocycles. The molecular weight excluding hydrogens is 400 g/mol. The Kier molecular flexibility index (Phi) is 6.37. The maximum absolute atomic E-state index is 12.8. The molecule has 3 aromatic rings. The van der Waals surface area contributed by atoms with E-state index in [1.165, 1.54) is 0 Å². The van der Waals surface area contributed by atoms with Crippen molar-refractivity contribution in [3.05, 3.63) is 101 Å². The number of hydrogen-bond acceptors (Lipinski definition) is 4. The van der Waals surface area contributed by atoms with Crippen molar-refractivity contribution in [2.45, 2.75) is 44.2 Å². The first-order valence-corrected chi connectivity index (χ1v) is 11.0. The van der Waals surface area contributed by atoms with Gasteiger partial charge in [0, 0.05) is 22.7 Å². The first kappa shape index (κ1) is 21.8. The van der Waals surface area contributed by atoms with Gasteiger partial charge >= 0.3 is 5.97 Å². The molecule has 1 saturated carbocycles. The Labute approximate surface area is 188 Å². The van der Waals surface area contributed by atoms with Crippen LogP contribution in [0.1, 0.15) is 52.7 Å². The van der Waals surface area contributed by atoms with Gasteiger partial charge in [-0.25, -0.2) is 0 Å². The van der Waals surface area contributed by atoms with E-state index >= 15 is 0 Å². The predicted molar refractivity (Wildman–Crippen MR) is 125 cm³/mol. The van der Waals surface area contributed by atoms with E-state index in [-0.39, 0.29) is 30.4 Å². The number of nitrogens with two attached hydrogens (primary N) is 1. The largest absolute Gasteiger partial charge is 0.461 e. The van der Waals surface area contributed by atoms with Gasteiger partial charge in [-0.3, -0.25) is 9.59 Å². The maximum Gasteiger partial charge on any atom is 0.310 e. The third-order valence-corrected chi connectivity index (χ3v) is 6.10. The topological polar surface area (TPSA) is 81.4 Å². The lowest BCUT2D eigenvalue weighted by Crippen LogP contribution is -2.22. The molecule has 0 heterocycles. The van der Waals surface area contributed by atoms with Gasteiger partial charge in [0.2, 0.25) is 0 Å². The predicted octanol–water partition coefficient (Wildman–Crippen LogP) is 4.82. The molecule has 164 valence electrons. The Morgan fingerprint density at radius 2 is 1.75 bits per heavy atom. The lowest BCUT2D eigenvalue weighted by Gasteiger charge is -2.11. The van der Waals surface area contributed by atoms with Crippen LogP contribution in [-0.2, 0) is 22.6 Å². The third-order valence-electron chi connectivity index (χ3n) is 6.10. The fourth-order valence-electron chi connectivity index (χ4n) is 3.98. The van der Waals surface area contributed by atoms with E-state index in [0.717, 1.165) is 35.2 Å². The van der Waals surface area contributed by atoms with Crippen LogP contribution in [0.5, 0.6) is 0 Å². The first-order valence-electron chi connectivity index (χ1n) is 11.0. The number of esters is 1. The Bertz CT molecular complexity index is 1110. The zero-order chi connectivity index (χ0) is 22.6. The van der Waals surface area contributed by atoms with E-state index in [2.05, 4.69) is 18.3 Å². The smallest absolute Gasteiger partial charge is 0.310 e. The summed E-state index contributed by atoms with van der Waals surface area (Å²) in [6.45, 7) is 2.34. The second-order valence-electron chi connectivity index (χ2n) is 8.45. The monoisotopic (exact) mass is 428 g/mol. The van der Waals surface area contributed by atoms with Gasteiger partial charge in [-0.1, -0.05) is 61.5 Å². The summed E-state index contributed by atoms with van der Waals surface area (Å²) in [5, 5.41) is 2.96. The molecule has 1 aliphatic rings. The zero-order valence-electron chi connectivity index (χ0n) is 18.2. The molecule has 2 atom stereocenters. The van der Waals surface area contributed by atoms with E-state index in [0.29, 0.717) is 11.5 Å². The second-order valence-corrected chi connectivity index (χ2v) is 8.45.